The van der Waals surface area contributed by atoms with Crippen LogP contribution in [-0.4, -0.2) is 43.3 Å². The number of nitrogens with zero attached hydrogens (tertiary/aromatic N) is 1. The van der Waals surface area contributed by atoms with E-state index < -0.39 is 0 Å². The van der Waals surface area contributed by atoms with Crippen molar-refractivity contribution in [2.24, 2.45) is 0 Å². The normalized spacial score (nSPS) is 27.1. The Balaban J connectivity index is 1.54. The number of likely N-dealkylation sites (tertiary alicyclic amines) is 1. The molecule has 110 valence electrons. The van der Waals surface area contributed by atoms with Gasteiger partial charge in [-0.15, -0.1) is 0 Å². The molecule has 0 spiro atoms. The predicted molar refractivity (Wildman–Crippen MR) is 83.3 cm³/mol. The van der Waals surface area contributed by atoms with E-state index in [1.54, 1.807) is 0 Å². The average Bonchev–Trinajstić information content (AvgIpc) is 3.10. The molecule has 1 aromatic rings. The molecule has 0 amide bonds. The van der Waals surface area contributed by atoms with Crippen LogP contribution in [0.2, 0.25) is 0 Å². The van der Waals surface area contributed by atoms with Crippen molar-refractivity contribution in [3.8, 4) is 0 Å². The van der Waals surface area contributed by atoms with Gasteiger partial charge in [0.2, 0.25) is 0 Å². The van der Waals surface area contributed by atoms with E-state index >= 15 is 0 Å². The summed E-state index contributed by atoms with van der Waals surface area (Å²) in [5.74, 6) is 0. The van der Waals surface area contributed by atoms with Crippen LogP contribution in [0.1, 0.15) is 31.7 Å². The van der Waals surface area contributed by atoms with Crippen LogP contribution in [-0.2, 0) is 11.2 Å². The van der Waals surface area contributed by atoms with Crippen LogP contribution in [0.4, 0.5) is 5.69 Å². The zero-order valence-electron chi connectivity index (χ0n) is 12.5. The monoisotopic (exact) mass is 274 g/mol. The fourth-order valence-corrected chi connectivity index (χ4v) is 3.25. The second kappa shape index (κ2) is 6.59. The number of hydrogen-bond acceptors (Lipinski definition) is 3. The van der Waals surface area contributed by atoms with Gasteiger partial charge in [0.05, 0.1) is 12.1 Å². The molecule has 20 heavy (non-hydrogen) atoms. The Morgan fingerprint density at radius 2 is 2.15 bits per heavy atom. The van der Waals surface area contributed by atoms with Gasteiger partial charge in [0.15, 0.2) is 0 Å². The lowest BCUT2D eigenvalue weighted by atomic mass is 10.1. The molecule has 0 saturated carbocycles. The summed E-state index contributed by atoms with van der Waals surface area (Å²) in [6, 6.07) is 9.35. The van der Waals surface area contributed by atoms with Crippen molar-refractivity contribution in [2.45, 2.75) is 44.8 Å². The van der Waals surface area contributed by atoms with Crippen LogP contribution in [0, 0.1) is 0 Å². The van der Waals surface area contributed by atoms with Gasteiger partial charge in [-0.1, -0.05) is 12.1 Å². The van der Waals surface area contributed by atoms with Crippen molar-refractivity contribution in [1.29, 1.82) is 0 Å². The van der Waals surface area contributed by atoms with Crippen LogP contribution < -0.4 is 5.32 Å². The molecule has 0 radical (unpaired) electrons. The Hall–Kier alpha value is -1.06. The fourth-order valence-electron chi connectivity index (χ4n) is 3.25. The minimum atomic E-state index is 0.322. The number of nitrogens with one attached hydrogen (secondary N) is 1. The van der Waals surface area contributed by atoms with Crippen LogP contribution >= 0.6 is 0 Å². The first kappa shape index (κ1) is 13.9. The van der Waals surface area contributed by atoms with Crippen molar-refractivity contribution in [3.05, 3.63) is 29.8 Å². The fraction of sp³-hybridized carbons (Fsp3) is 0.647. The third kappa shape index (κ3) is 3.53. The van der Waals surface area contributed by atoms with Gasteiger partial charge in [0, 0.05) is 18.8 Å². The van der Waals surface area contributed by atoms with Crippen molar-refractivity contribution in [2.75, 3.05) is 31.6 Å². The second-order valence-corrected chi connectivity index (χ2v) is 6.11. The Kier molecular flexibility index (Phi) is 4.58. The van der Waals surface area contributed by atoms with Crippen LogP contribution in [0.3, 0.4) is 0 Å². The largest absolute Gasteiger partial charge is 0.380 e. The number of benzene rings is 1. The molecule has 3 heteroatoms. The molecule has 1 aromatic carbocycles. The minimum Gasteiger partial charge on any atom is -0.380 e. The Morgan fingerprint density at radius 1 is 1.30 bits per heavy atom. The van der Waals surface area contributed by atoms with Gasteiger partial charge in [-0.3, -0.25) is 0 Å². The van der Waals surface area contributed by atoms with Crippen molar-refractivity contribution in [1.82, 2.24) is 4.90 Å². The molecule has 3 nitrogen and oxygen atoms in total. The van der Waals surface area contributed by atoms with E-state index in [4.69, 9.17) is 4.74 Å². The van der Waals surface area contributed by atoms with E-state index in [-0.39, 0.29) is 0 Å². The quantitative estimate of drug-likeness (QED) is 0.893. The lowest BCUT2D eigenvalue weighted by molar-refractivity contribution is 0.121. The van der Waals surface area contributed by atoms with Crippen molar-refractivity contribution in [3.63, 3.8) is 0 Å². The standard InChI is InChI=1S/C17H26N2O/c1-14-17(8-12-20-14)18-16-6-4-5-15(13-16)7-11-19-9-2-3-10-19/h4-6,13-14,17-18H,2-3,7-12H2,1H3/t14-,17+/m1/s1. The SMILES string of the molecule is C[C@H]1OCC[C@@H]1Nc1cccc(CCN2CCCC2)c1. The molecular formula is C17H26N2O. The highest BCUT2D eigenvalue weighted by Gasteiger charge is 2.23. The molecule has 2 heterocycles. The third-order valence-corrected chi connectivity index (χ3v) is 4.57. The Labute approximate surface area is 122 Å². The van der Waals surface area contributed by atoms with Crippen molar-refractivity contribution >= 4 is 5.69 Å². The number of ether oxygens (including phenoxy) is 1. The van der Waals surface area contributed by atoms with Crippen LogP contribution in [0.15, 0.2) is 24.3 Å². The zero-order chi connectivity index (χ0) is 13.8. The van der Waals surface area contributed by atoms with Gasteiger partial charge in [-0.2, -0.15) is 0 Å². The topological polar surface area (TPSA) is 24.5 Å². The highest BCUT2D eigenvalue weighted by Crippen LogP contribution is 2.20. The van der Waals surface area contributed by atoms with Crippen LogP contribution in [0.25, 0.3) is 0 Å². The smallest absolute Gasteiger partial charge is 0.0748 e. The van der Waals surface area contributed by atoms with Gasteiger partial charge in [0.25, 0.3) is 0 Å². The predicted octanol–water partition coefficient (Wildman–Crippen LogP) is 2.91. The molecule has 2 atom stereocenters. The van der Waals surface area contributed by atoms with Gasteiger partial charge >= 0.3 is 0 Å². The number of hydrogen-bond donors (Lipinski definition) is 1. The summed E-state index contributed by atoms with van der Waals surface area (Å²) in [5.41, 5.74) is 2.68. The van der Waals surface area contributed by atoms with Gasteiger partial charge in [0.1, 0.15) is 0 Å². The summed E-state index contributed by atoms with van der Waals surface area (Å²) >= 11 is 0. The summed E-state index contributed by atoms with van der Waals surface area (Å²) in [6.07, 6.45) is 5.34. The molecular weight excluding hydrogens is 248 g/mol. The van der Waals surface area contributed by atoms with E-state index in [1.807, 2.05) is 0 Å². The molecule has 2 aliphatic rings. The maximum absolute atomic E-state index is 5.61. The highest BCUT2D eigenvalue weighted by molar-refractivity contribution is 5.47. The van der Waals surface area contributed by atoms with Gasteiger partial charge in [-0.05, 0) is 63.4 Å². The maximum atomic E-state index is 5.61. The Bertz CT molecular complexity index is 429. The first-order valence-corrected chi connectivity index (χ1v) is 8.01. The summed E-state index contributed by atoms with van der Waals surface area (Å²) in [5, 5.41) is 3.62. The number of rotatable bonds is 5. The summed E-state index contributed by atoms with van der Waals surface area (Å²) in [6.45, 7) is 6.81. The molecule has 0 bridgehead atoms. The van der Waals surface area contributed by atoms with Gasteiger partial charge < -0.3 is 15.0 Å². The van der Waals surface area contributed by atoms with Crippen molar-refractivity contribution < 1.29 is 4.74 Å². The van der Waals surface area contributed by atoms with E-state index in [9.17, 15) is 0 Å². The first-order valence-electron chi connectivity index (χ1n) is 8.01. The number of anilines is 1. The molecule has 3 rings (SSSR count). The summed E-state index contributed by atoms with van der Waals surface area (Å²) < 4.78 is 5.61. The van der Waals surface area contributed by atoms with Gasteiger partial charge in [-0.25, -0.2) is 0 Å². The molecule has 2 saturated heterocycles. The molecule has 0 unspecified atom stereocenters. The molecule has 0 aromatic heterocycles. The zero-order valence-corrected chi connectivity index (χ0v) is 12.5. The second-order valence-electron chi connectivity index (χ2n) is 6.11. The Morgan fingerprint density at radius 3 is 2.90 bits per heavy atom. The lowest BCUT2D eigenvalue weighted by Gasteiger charge is -2.18. The summed E-state index contributed by atoms with van der Waals surface area (Å²) in [7, 11) is 0. The van der Waals surface area contributed by atoms with E-state index in [0.29, 0.717) is 12.1 Å². The first-order chi connectivity index (χ1) is 9.81. The minimum absolute atomic E-state index is 0.322. The van der Waals surface area contributed by atoms with E-state index in [1.165, 1.54) is 43.7 Å². The third-order valence-electron chi connectivity index (χ3n) is 4.57. The van der Waals surface area contributed by atoms with E-state index in [0.717, 1.165) is 19.4 Å². The molecule has 1 N–H and O–H groups in total. The van der Waals surface area contributed by atoms with Crippen LogP contribution in [0.5, 0.6) is 0 Å². The molecule has 2 aliphatic heterocycles. The molecule has 0 aliphatic carbocycles. The molecule has 2 fully saturated rings. The van der Waals surface area contributed by atoms with E-state index in [2.05, 4.69) is 41.4 Å². The average molecular weight is 274 g/mol. The highest BCUT2D eigenvalue weighted by atomic mass is 16.5. The maximum Gasteiger partial charge on any atom is 0.0748 e. The lowest BCUT2D eigenvalue weighted by Crippen LogP contribution is -2.26. The summed E-state index contributed by atoms with van der Waals surface area (Å²) in [4.78, 5) is 2.58.